The van der Waals surface area contributed by atoms with Crippen molar-refractivity contribution in [1.29, 1.82) is 0 Å². The smallest absolute Gasteiger partial charge is 0.252 e. The molecule has 8 aromatic rings. The van der Waals surface area contributed by atoms with Gasteiger partial charge in [0.2, 0.25) is 0 Å². The van der Waals surface area contributed by atoms with Gasteiger partial charge in [-0.15, -0.1) is 0 Å². The van der Waals surface area contributed by atoms with Crippen LogP contribution in [0.25, 0.3) is 38.6 Å². The van der Waals surface area contributed by atoms with Crippen molar-refractivity contribution >= 4 is 73.3 Å². The zero-order valence-electron chi connectivity index (χ0n) is 28.7. The Hall–Kier alpha value is -6.52. The molecule has 0 fully saturated rings. The van der Waals surface area contributed by atoms with Crippen molar-refractivity contribution in [2.24, 2.45) is 0 Å². The summed E-state index contributed by atoms with van der Waals surface area (Å²) < 4.78 is 2.39. The fourth-order valence-electron chi connectivity index (χ4n) is 8.97. The maximum absolute atomic E-state index is 2.52. The Morgan fingerprint density at radius 2 is 1.02 bits per heavy atom. The third-order valence-corrected chi connectivity index (χ3v) is 11.2. The zero-order valence-corrected chi connectivity index (χ0v) is 28.7. The van der Waals surface area contributed by atoms with Gasteiger partial charge in [0.15, 0.2) is 0 Å². The number of fused-ring (bicyclic) bond motifs is 7. The van der Waals surface area contributed by atoms with E-state index in [2.05, 4.69) is 196 Å². The Balaban J connectivity index is 1.16. The SMILES string of the molecule is C1=CC(N2c3ccccc3B3c4ccccc4N(c4ccccc4)c4cc(-c5ccc(-n6c7ccccc7c7ccccc76)cc5)cc2c43)=CCC1. The predicted molar refractivity (Wildman–Crippen MR) is 221 cm³/mol. The molecule has 0 atom stereocenters. The van der Waals surface area contributed by atoms with E-state index in [0.717, 1.165) is 24.2 Å². The van der Waals surface area contributed by atoms with Gasteiger partial charge in [-0.3, -0.25) is 0 Å². The predicted octanol–water partition coefficient (Wildman–Crippen LogP) is 10.4. The number of rotatable bonds is 4. The van der Waals surface area contributed by atoms with E-state index in [4.69, 9.17) is 0 Å². The Morgan fingerprint density at radius 1 is 0.442 bits per heavy atom. The normalized spacial score (nSPS) is 14.3. The molecule has 0 N–H and O–H groups in total. The van der Waals surface area contributed by atoms with Gasteiger partial charge in [-0.05, 0) is 107 Å². The number of hydrogen-bond acceptors (Lipinski definition) is 2. The molecule has 3 aliphatic rings. The molecule has 0 saturated carbocycles. The van der Waals surface area contributed by atoms with E-state index in [0.29, 0.717) is 0 Å². The fourth-order valence-corrected chi connectivity index (χ4v) is 8.97. The van der Waals surface area contributed by atoms with E-state index in [9.17, 15) is 0 Å². The summed E-state index contributed by atoms with van der Waals surface area (Å²) >= 11 is 0. The maximum atomic E-state index is 2.52. The van der Waals surface area contributed by atoms with Crippen molar-refractivity contribution in [1.82, 2.24) is 4.57 Å². The maximum Gasteiger partial charge on any atom is 0.252 e. The van der Waals surface area contributed by atoms with Crippen LogP contribution in [0.5, 0.6) is 0 Å². The third-order valence-electron chi connectivity index (χ3n) is 11.2. The molecular formula is C48H34BN3. The number of anilines is 5. The highest BCUT2D eigenvalue weighted by atomic mass is 15.2. The molecule has 244 valence electrons. The van der Waals surface area contributed by atoms with Crippen molar-refractivity contribution in [3.05, 3.63) is 188 Å². The Morgan fingerprint density at radius 3 is 1.67 bits per heavy atom. The average molecular weight is 664 g/mol. The molecule has 7 aromatic carbocycles. The summed E-state index contributed by atoms with van der Waals surface area (Å²) in [4.78, 5) is 5.01. The van der Waals surface area contributed by atoms with E-state index in [1.807, 2.05) is 0 Å². The van der Waals surface area contributed by atoms with Crippen LogP contribution in [0.4, 0.5) is 28.4 Å². The highest BCUT2D eigenvalue weighted by Gasteiger charge is 2.43. The molecule has 52 heavy (non-hydrogen) atoms. The monoisotopic (exact) mass is 663 g/mol. The van der Waals surface area contributed by atoms with Crippen molar-refractivity contribution < 1.29 is 0 Å². The highest BCUT2D eigenvalue weighted by molar-refractivity contribution is 7.00. The molecule has 1 aromatic heterocycles. The van der Waals surface area contributed by atoms with E-state index in [1.165, 1.54) is 77.8 Å². The molecule has 0 bridgehead atoms. The average Bonchev–Trinajstić information content (AvgIpc) is 3.55. The lowest BCUT2D eigenvalue weighted by atomic mass is 9.33. The van der Waals surface area contributed by atoms with Crippen LogP contribution in [-0.4, -0.2) is 11.3 Å². The number of para-hydroxylation sites is 5. The number of aromatic nitrogens is 1. The summed E-state index contributed by atoms with van der Waals surface area (Å²) in [6.45, 7) is 0.119. The van der Waals surface area contributed by atoms with Crippen LogP contribution in [0.2, 0.25) is 0 Å². The molecule has 1 aliphatic carbocycles. The third kappa shape index (κ3) is 4.28. The molecule has 0 unspecified atom stereocenters. The number of nitrogens with zero attached hydrogens (tertiary/aromatic N) is 3. The van der Waals surface area contributed by atoms with Crippen LogP contribution in [0.1, 0.15) is 12.8 Å². The lowest BCUT2D eigenvalue weighted by molar-refractivity contribution is 0.998. The van der Waals surface area contributed by atoms with E-state index in [-0.39, 0.29) is 6.71 Å². The summed E-state index contributed by atoms with van der Waals surface area (Å²) in [5.74, 6) is 0. The molecule has 4 heteroatoms. The minimum Gasteiger partial charge on any atom is -0.312 e. The number of benzene rings is 7. The summed E-state index contributed by atoms with van der Waals surface area (Å²) in [6.07, 6.45) is 9.15. The first kappa shape index (κ1) is 29.2. The molecule has 0 amide bonds. The van der Waals surface area contributed by atoms with Crippen molar-refractivity contribution in [2.75, 3.05) is 9.80 Å². The Labute approximate surface area is 304 Å². The summed E-state index contributed by atoms with van der Waals surface area (Å²) in [7, 11) is 0. The molecule has 3 heterocycles. The molecule has 2 aliphatic heterocycles. The molecule has 0 saturated heterocycles. The second-order valence-corrected chi connectivity index (χ2v) is 14.0. The standard InChI is InChI=1S/C48H34BN3/c1-3-15-35(16-4-1)51-44-25-13-9-21-40(44)49-41-22-10-14-26-45(41)52(36-17-5-2-6-18-36)47-32-34(31-46(51)48(47)49)33-27-29-37(30-28-33)50-42-23-11-7-19-38(42)39-20-8-12-24-43(39)50/h1,3-5,7-32H,2,6H2. The van der Waals surface area contributed by atoms with Crippen molar-refractivity contribution in [3.63, 3.8) is 0 Å². The Kier molecular flexibility index (Phi) is 6.47. The first-order valence-corrected chi connectivity index (χ1v) is 18.3. The van der Waals surface area contributed by atoms with Crippen LogP contribution < -0.4 is 26.2 Å². The number of hydrogen-bond donors (Lipinski definition) is 0. The van der Waals surface area contributed by atoms with Crippen LogP contribution in [-0.2, 0) is 0 Å². The van der Waals surface area contributed by atoms with Crippen molar-refractivity contribution in [3.8, 4) is 16.8 Å². The molecule has 0 spiro atoms. The van der Waals surface area contributed by atoms with Crippen LogP contribution in [0.3, 0.4) is 0 Å². The number of allylic oxidation sites excluding steroid dienone is 3. The Bertz CT molecular complexity index is 2700. The first-order valence-electron chi connectivity index (χ1n) is 18.3. The molecule has 0 radical (unpaired) electrons. The largest absolute Gasteiger partial charge is 0.312 e. The van der Waals surface area contributed by atoms with Gasteiger partial charge in [-0.1, -0.05) is 115 Å². The summed E-state index contributed by atoms with van der Waals surface area (Å²) in [6, 6.07) is 60.4. The van der Waals surface area contributed by atoms with Crippen LogP contribution in [0.15, 0.2) is 188 Å². The fraction of sp³-hybridized carbons (Fsp3) is 0.0417. The lowest BCUT2D eigenvalue weighted by Gasteiger charge is -2.44. The minimum absolute atomic E-state index is 0.119. The van der Waals surface area contributed by atoms with E-state index >= 15 is 0 Å². The summed E-state index contributed by atoms with van der Waals surface area (Å²) in [5, 5.41) is 2.55. The van der Waals surface area contributed by atoms with Gasteiger partial charge < -0.3 is 14.4 Å². The van der Waals surface area contributed by atoms with E-state index < -0.39 is 0 Å². The van der Waals surface area contributed by atoms with Gasteiger partial charge in [0.05, 0.1) is 11.0 Å². The van der Waals surface area contributed by atoms with Gasteiger partial charge in [0.25, 0.3) is 6.71 Å². The van der Waals surface area contributed by atoms with Gasteiger partial charge in [-0.2, -0.15) is 0 Å². The zero-order chi connectivity index (χ0) is 34.2. The lowest BCUT2D eigenvalue weighted by Crippen LogP contribution is -2.61. The first-order chi connectivity index (χ1) is 25.8. The highest BCUT2D eigenvalue weighted by Crippen LogP contribution is 2.45. The molecule has 3 nitrogen and oxygen atoms in total. The van der Waals surface area contributed by atoms with Gasteiger partial charge in [0, 0.05) is 50.6 Å². The van der Waals surface area contributed by atoms with Gasteiger partial charge >= 0.3 is 0 Å². The quantitative estimate of drug-likeness (QED) is 0.174. The van der Waals surface area contributed by atoms with Gasteiger partial charge in [-0.25, -0.2) is 0 Å². The molecular weight excluding hydrogens is 629 g/mol. The second-order valence-electron chi connectivity index (χ2n) is 14.0. The topological polar surface area (TPSA) is 11.4 Å². The van der Waals surface area contributed by atoms with Crippen LogP contribution in [0, 0.1) is 0 Å². The minimum atomic E-state index is 0.119. The van der Waals surface area contributed by atoms with Gasteiger partial charge in [0.1, 0.15) is 0 Å². The van der Waals surface area contributed by atoms with Crippen LogP contribution >= 0.6 is 0 Å². The van der Waals surface area contributed by atoms with E-state index in [1.54, 1.807) is 0 Å². The summed E-state index contributed by atoms with van der Waals surface area (Å²) in [5.41, 5.74) is 17.4. The second kappa shape index (κ2) is 11.5. The van der Waals surface area contributed by atoms with Crippen molar-refractivity contribution in [2.45, 2.75) is 12.8 Å². The molecule has 11 rings (SSSR count).